The van der Waals surface area contributed by atoms with Gasteiger partial charge in [-0.15, -0.1) is 0 Å². The summed E-state index contributed by atoms with van der Waals surface area (Å²) in [6.45, 7) is 2.37. The van der Waals surface area contributed by atoms with Crippen LogP contribution < -0.4 is 10.5 Å². The Hall–Kier alpha value is -1.46. The van der Waals surface area contributed by atoms with Crippen molar-refractivity contribution in [3.05, 3.63) is 63.6 Å². The highest BCUT2D eigenvalue weighted by Gasteiger charge is 2.20. The lowest BCUT2D eigenvalue weighted by atomic mass is 9.98. The van der Waals surface area contributed by atoms with Crippen LogP contribution in [0.15, 0.2) is 40.9 Å². The van der Waals surface area contributed by atoms with Gasteiger partial charge in [0.05, 0.1) is 17.1 Å². The monoisotopic (exact) mass is 341 g/mol. The van der Waals surface area contributed by atoms with E-state index in [4.69, 9.17) is 10.5 Å². The van der Waals surface area contributed by atoms with E-state index in [9.17, 15) is 8.78 Å². The molecule has 0 aliphatic heterocycles. The van der Waals surface area contributed by atoms with Gasteiger partial charge >= 0.3 is 0 Å². The molecule has 2 rings (SSSR count). The normalized spacial score (nSPS) is 12.2. The van der Waals surface area contributed by atoms with Crippen molar-refractivity contribution < 1.29 is 13.5 Å². The molecule has 0 aliphatic rings. The van der Waals surface area contributed by atoms with Crippen LogP contribution in [0.25, 0.3) is 0 Å². The molecule has 0 aliphatic carbocycles. The van der Waals surface area contributed by atoms with Crippen LogP contribution in [0.3, 0.4) is 0 Å². The standard InChI is InChI=1S/C15H14BrF2NO/c1-2-20-10-5-3-4-9(8-10)15(19)13-12(17)7-6-11(16)14(13)18/h3-8,15H,2,19H2,1H3. The predicted octanol–water partition coefficient (Wildman–Crippen LogP) is 4.17. The van der Waals surface area contributed by atoms with Crippen molar-refractivity contribution in [1.82, 2.24) is 0 Å². The molecule has 0 spiro atoms. The fraction of sp³-hybridized carbons (Fsp3) is 0.200. The van der Waals surface area contributed by atoms with Gasteiger partial charge in [-0.2, -0.15) is 0 Å². The average molecular weight is 342 g/mol. The molecule has 0 fully saturated rings. The maximum atomic E-state index is 14.0. The highest BCUT2D eigenvalue weighted by molar-refractivity contribution is 9.10. The summed E-state index contributed by atoms with van der Waals surface area (Å²) in [7, 11) is 0. The van der Waals surface area contributed by atoms with Gasteiger partial charge in [0.2, 0.25) is 0 Å². The summed E-state index contributed by atoms with van der Waals surface area (Å²) < 4.78 is 33.4. The predicted molar refractivity (Wildman–Crippen MR) is 77.7 cm³/mol. The largest absolute Gasteiger partial charge is 0.494 e. The fourth-order valence-electron chi connectivity index (χ4n) is 1.96. The van der Waals surface area contributed by atoms with Crippen molar-refractivity contribution in [2.24, 2.45) is 5.73 Å². The van der Waals surface area contributed by atoms with Gasteiger partial charge in [0.15, 0.2) is 0 Å². The highest BCUT2D eigenvalue weighted by atomic mass is 79.9. The van der Waals surface area contributed by atoms with Crippen LogP contribution in [0.4, 0.5) is 8.78 Å². The summed E-state index contributed by atoms with van der Waals surface area (Å²) in [5.74, 6) is -0.726. The fourth-order valence-corrected chi connectivity index (χ4v) is 2.30. The molecule has 106 valence electrons. The molecule has 1 unspecified atom stereocenters. The zero-order chi connectivity index (χ0) is 14.7. The molecular weight excluding hydrogens is 328 g/mol. The lowest BCUT2D eigenvalue weighted by molar-refractivity contribution is 0.339. The van der Waals surface area contributed by atoms with Gasteiger partial charge in [0.25, 0.3) is 0 Å². The van der Waals surface area contributed by atoms with Gasteiger partial charge in [0.1, 0.15) is 17.4 Å². The molecule has 0 bridgehead atoms. The van der Waals surface area contributed by atoms with Gasteiger partial charge in [-0.05, 0) is 52.7 Å². The summed E-state index contributed by atoms with van der Waals surface area (Å²) in [6.07, 6.45) is 0. The second kappa shape index (κ2) is 6.33. The third kappa shape index (κ3) is 2.99. The minimum absolute atomic E-state index is 0.159. The van der Waals surface area contributed by atoms with Crippen LogP contribution in [0, 0.1) is 11.6 Å². The molecule has 0 saturated carbocycles. The third-order valence-electron chi connectivity index (χ3n) is 2.92. The Morgan fingerprint density at radius 1 is 1.25 bits per heavy atom. The quantitative estimate of drug-likeness (QED) is 0.847. The number of benzene rings is 2. The Morgan fingerprint density at radius 3 is 2.70 bits per heavy atom. The van der Waals surface area contributed by atoms with E-state index in [1.165, 1.54) is 12.1 Å². The van der Waals surface area contributed by atoms with Crippen LogP contribution in [0.2, 0.25) is 0 Å². The number of halogens is 3. The molecule has 0 aromatic heterocycles. The van der Waals surface area contributed by atoms with Gasteiger partial charge in [-0.3, -0.25) is 0 Å². The van der Waals surface area contributed by atoms with Crippen molar-refractivity contribution in [3.8, 4) is 5.75 Å². The third-order valence-corrected chi connectivity index (χ3v) is 3.53. The molecule has 1 atom stereocenters. The molecular formula is C15H14BrF2NO. The molecule has 2 aromatic rings. The number of hydrogen-bond donors (Lipinski definition) is 1. The first-order valence-corrected chi connectivity index (χ1v) is 6.95. The lowest BCUT2D eigenvalue weighted by Crippen LogP contribution is -2.16. The number of ether oxygens (including phenoxy) is 1. The Balaban J connectivity index is 2.43. The average Bonchev–Trinajstić information content (AvgIpc) is 2.44. The Labute approximate surface area is 124 Å². The van der Waals surface area contributed by atoms with Crippen molar-refractivity contribution in [2.45, 2.75) is 13.0 Å². The molecule has 0 radical (unpaired) electrons. The first kappa shape index (κ1) is 14.9. The molecule has 2 aromatic carbocycles. The number of hydrogen-bond acceptors (Lipinski definition) is 2. The van der Waals surface area contributed by atoms with Crippen molar-refractivity contribution in [2.75, 3.05) is 6.61 Å². The summed E-state index contributed by atoms with van der Waals surface area (Å²) in [5.41, 5.74) is 6.43. The Morgan fingerprint density at radius 2 is 2.00 bits per heavy atom. The Kier molecular flexibility index (Phi) is 4.73. The van der Waals surface area contributed by atoms with Gasteiger partial charge in [-0.25, -0.2) is 8.78 Å². The van der Waals surface area contributed by atoms with Crippen LogP contribution in [0.5, 0.6) is 5.75 Å². The van der Waals surface area contributed by atoms with Crippen LogP contribution in [-0.2, 0) is 0 Å². The first-order chi connectivity index (χ1) is 9.54. The molecule has 0 amide bonds. The smallest absolute Gasteiger partial charge is 0.145 e. The lowest BCUT2D eigenvalue weighted by Gasteiger charge is -2.16. The summed E-state index contributed by atoms with van der Waals surface area (Å²) in [4.78, 5) is 0. The van der Waals surface area contributed by atoms with E-state index in [1.54, 1.807) is 24.3 Å². The summed E-state index contributed by atoms with van der Waals surface area (Å²) in [6, 6.07) is 8.53. The maximum absolute atomic E-state index is 14.0. The van der Waals surface area contributed by atoms with E-state index in [-0.39, 0.29) is 10.0 Å². The van der Waals surface area contributed by atoms with E-state index in [1.807, 2.05) is 6.92 Å². The highest BCUT2D eigenvalue weighted by Crippen LogP contribution is 2.30. The van der Waals surface area contributed by atoms with Crippen LogP contribution in [0.1, 0.15) is 24.1 Å². The van der Waals surface area contributed by atoms with E-state index in [2.05, 4.69) is 15.9 Å². The van der Waals surface area contributed by atoms with E-state index < -0.39 is 17.7 Å². The van der Waals surface area contributed by atoms with E-state index >= 15 is 0 Å². The van der Waals surface area contributed by atoms with E-state index in [0.717, 1.165) is 0 Å². The van der Waals surface area contributed by atoms with Gasteiger partial charge in [0, 0.05) is 5.56 Å². The van der Waals surface area contributed by atoms with Gasteiger partial charge in [-0.1, -0.05) is 12.1 Å². The van der Waals surface area contributed by atoms with Crippen molar-refractivity contribution >= 4 is 15.9 Å². The topological polar surface area (TPSA) is 35.2 Å². The minimum atomic E-state index is -0.895. The second-order valence-electron chi connectivity index (χ2n) is 4.24. The van der Waals surface area contributed by atoms with Crippen LogP contribution >= 0.6 is 15.9 Å². The minimum Gasteiger partial charge on any atom is -0.494 e. The molecule has 5 heteroatoms. The molecule has 20 heavy (non-hydrogen) atoms. The molecule has 2 nitrogen and oxygen atoms in total. The van der Waals surface area contributed by atoms with Gasteiger partial charge < -0.3 is 10.5 Å². The van der Waals surface area contributed by atoms with Crippen LogP contribution in [-0.4, -0.2) is 6.61 Å². The maximum Gasteiger partial charge on any atom is 0.145 e. The molecule has 0 saturated heterocycles. The van der Waals surface area contributed by atoms with Crippen molar-refractivity contribution in [1.29, 1.82) is 0 Å². The molecule has 2 N–H and O–H groups in total. The SMILES string of the molecule is CCOc1cccc(C(N)c2c(F)ccc(Br)c2F)c1. The summed E-state index contributed by atoms with van der Waals surface area (Å²) in [5, 5.41) is 0. The van der Waals surface area contributed by atoms with Crippen molar-refractivity contribution in [3.63, 3.8) is 0 Å². The zero-order valence-corrected chi connectivity index (χ0v) is 12.5. The Bertz CT molecular complexity index is 619. The second-order valence-corrected chi connectivity index (χ2v) is 5.09. The first-order valence-electron chi connectivity index (χ1n) is 6.16. The van der Waals surface area contributed by atoms with E-state index in [0.29, 0.717) is 17.9 Å². The number of nitrogens with two attached hydrogens (primary N) is 1. The number of rotatable bonds is 4. The zero-order valence-electron chi connectivity index (χ0n) is 10.9. The molecule has 0 heterocycles. The summed E-state index contributed by atoms with van der Waals surface area (Å²) >= 11 is 3.04.